The van der Waals surface area contributed by atoms with Gasteiger partial charge in [0.1, 0.15) is 5.75 Å². The number of aryl methyl sites for hydroxylation is 1. The minimum absolute atomic E-state index is 0.377. The molecule has 0 fully saturated rings. The Labute approximate surface area is 112 Å². The van der Waals surface area contributed by atoms with Crippen LogP contribution in [0.5, 0.6) is 5.75 Å². The maximum Gasteiger partial charge on any atom is 0.126 e. The molecular weight excluding hydrogens is 222 g/mol. The summed E-state index contributed by atoms with van der Waals surface area (Å²) in [4.78, 5) is 0. The number of rotatable bonds is 6. The van der Waals surface area contributed by atoms with Crippen LogP contribution >= 0.6 is 0 Å². The van der Waals surface area contributed by atoms with Crippen LogP contribution in [0, 0.1) is 19.8 Å². The first kappa shape index (κ1) is 15.0. The summed E-state index contributed by atoms with van der Waals surface area (Å²) in [6.07, 6.45) is 2.37. The van der Waals surface area contributed by atoms with Crippen molar-refractivity contribution in [2.75, 3.05) is 14.2 Å². The lowest BCUT2D eigenvalue weighted by atomic mass is 9.94. The number of benzene rings is 1. The number of nitrogens with one attached hydrogen (secondary N) is 1. The van der Waals surface area contributed by atoms with Crippen molar-refractivity contribution in [3.8, 4) is 5.75 Å². The molecule has 0 bridgehead atoms. The van der Waals surface area contributed by atoms with Crippen LogP contribution in [0.1, 0.15) is 49.4 Å². The molecule has 1 atom stereocenters. The molecule has 1 aromatic rings. The largest absolute Gasteiger partial charge is 0.496 e. The molecule has 0 radical (unpaired) electrons. The first-order valence-electron chi connectivity index (χ1n) is 6.82. The number of hydrogen-bond donors (Lipinski definition) is 1. The van der Waals surface area contributed by atoms with E-state index in [1.165, 1.54) is 23.1 Å². The lowest BCUT2D eigenvalue weighted by Crippen LogP contribution is -2.18. The summed E-state index contributed by atoms with van der Waals surface area (Å²) in [5.41, 5.74) is 3.82. The fraction of sp³-hybridized carbons (Fsp3) is 0.625. The van der Waals surface area contributed by atoms with Gasteiger partial charge in [-0.05, 0) is 50.8 Å². The van der Waals surface area contributed by atoms with Gasteiger partial charge in [-0.3, -0.25) is 0 Å². The second-order valence-corrected chi connectivity index (χ2v) is 5.44. The predicted octanol–water partition coefficient (Wildman–Crippen LogP) is 4.01. The molecule has 1 unspecified atom stereocenters. The predicted molar refractivity (Wildman–Crippen MR) is 78.3 cm³/mol. The molecule has 1 N–H and O–H groups in total. The van der Waals surface area contributed by atoms with Gasteiger partial charge in [0.05, 0.1) is 7.11 Å². The molecule has 18 heavy (non-hydrogen) atoms. The molecule has 2 heteroatoms. The third-order valence-electron chi connectivity index (χ3n) is 3.67. The molecule has 0 spiro atoms. The molecule has 0 aliphatic heterocycles. The first-order chi connectivity index (χ1) is 8.51. The van der Waals surface area contributed by atoms with Crippen LogP contribution in [0.15, 0.2) is 12.1 Å². The molecule has 0 heterocycles. The van der Waals surface area contributed by atoms with Gasteiger partial charge >= 0.3 is 0 Å². The molecular formula is C16H27NO. The van der Waals surface area contributed by atoms with Crippen LogP contribution < -0.4 is 10.1 Å². The molecule has 1 rings (SSSR count). The van der Waals surface area contributed by atoms with Crippen molar-refractivity contribution >= 4 is 0 Å². The molecule has 1 aromatic carbocycles. The second kappa shape index (κ2) is 6.79. The smallest absolute Gasteiger partial charge is 0.126 e. The van der Waals surface area contributed by atoms with Crippen molar-refractivity contribution in [3.05, 3.63) is 28.8 Å². The zero-order valence-electron chi connectivity index (χ0n) is 12.6. The minimum Gasteiger partial charge on any atom is -0.496 e. The van der Waals surface area contributed by atoms with Crippen LogP contribution in [0.3, 0.4) is 0 Å². The highest BCUT2D eigenvalue weighted by Gasteiger charge is 2.17. The van der Waals surface area contributed by atoms with Crippen molar-refractivity contribution in [2.45, 2.75) is 46.6 Å². The van der Waals surface area contributed by atoms with E-state index in [-0.39, 0.29) is 0 Å². The molecule has 0 saturated heterocycles. The average Bonchev–Trinajstić information content (AvgIpc) is 2.34. The van der Waals surface area contributed by atoms with E-state index in [1.807, 2.05) is 7.05 Å². The lowest BCUT2D eigenvalue weighted by Gasteiger charge is -2.22. The number of ether oxygens (including phenoxy) is 1. The number of hydrogen-bond acceptors (Lipinski definition) is 2. The Morgan fingerprint density at radius 1 is 1.17 bits per heavy atom. The van der Waals surface area contributed by atoms with E-state index in [9.17, 15) is 0 Å². The third-order valence-corrected chi connectivity index (χ3v) is 3.67. The third kappa shape index (κ3) is 3.49. The molecule has 0 aromatic heterocycles. The van der Waals surface area contributed by atoms with Gasteiger partial charge in [-0.1, -0.05) is 26.0 Å². The summed E-state index contributed by atoms with van der Waals surface area (Å²) in [7, 11) is 3.79. The van der Waals surface area contributed by atoms with Crippen molar-refractivity contribution in [1.82, 2.24) is 5.32 Å². The highest BCUT2D eigenvalue weighted by atomic mass is 16.5. The van der Waals surface area contributed by atoms with E-state index in [1.54, 1.807) is 7.11 Å². The quantitative estimate of drug-likeness (QED) is 0.822. The molecule has 0 amide bonds. The van der Waals surface area contributed by atoms with Gasteiger partial charge in [0, 0.05) is 11.6 Å². The summed E-state index contributed by atoms with van der Waals surface area (Å²) in [5, 5.41) is 3.42. The van der Waals surface area contributed by atoms with Crippen LogP contribution in [-0.2, 0) is 0 Å². The highest BCUT2D eigenvalue weighted by molar-refractivity contribution is 5.46. The van der Waals surface area contributed by atoms with Gasteiger partial charge in [0.25, 0.3) is 0 Å². The van der Waals surface area contributed by atoms with E-state index < -0.39 is 0 Å². The molecule has 0 aliphatic rings. The number of methoxy groups -OCH3 is 1. The van der Waals surface area contributed by atoms with E-state index in [0.29, 0.717) is 6.04 Å². The SMILES string of the molecule is CNC(CCC(C)C)c1ccc(C)c(C)c1OC. The van der Waals surface area contributed by atoms with Crippen molar-refractivity contribution in [2.24, 2.45) is 5.92 Å². The minimum atomic E-state index is 0.377. The Hall–Kier alpha value is -1.02. The van der Waals surface area contributed by atoms with Crippen molar-refractivity contribution in [3.63, 3.8) is 0 Å². The zero-order chi connectivity index (χ0) is 13.7. The molecule has 2 nitrogen and oxygen atoms in total. The zero-order valence-corrected chi connectivity index (χ0v) is 12.6. The lowest BCUT2D eigenvalue weighted by molar-refractivity contribution is 0.389. The van der Waals surface area contributed by atoms with E-state index in [2.05, 4.69) is 45.1 Å². The second-order valence-electron chi connectivity index (χ2n) is 5.44. The van der Waals surface area contributed by atoms with Gasteiger partial charge in [-0.15, -0.1) is 0 Å². The van der Waals surface area contributed by atoms with Gasteiger partial charge < -0.3 is 10.1 Å². The van der Waals surface area contributed by atoms with Crippen LogP contribution in [0.4, 0.5) is 0 Å². The topological polar surface area (TPSA) is 21.3 Å². The monoisotopic (exact) mass is 249 g/mol. The Morgan fingerprint density at radius 2 is 1.83 bits per heavy atom. The highest BCUT2D eigenvalue weighted by Crippen LogP contribution is 2.33. The summed E-state index contributed by atoms with van der Waals surface area (Å²) < 4.78 is 5.61. The average molecular weight is 249 g/mol. The summed E-state index contributed by atoms with van der Waals surface area (Å²) in [6, 6.07) is 4.76. The Kier molecular flexibility index (Phi) is 5.67. The Balaban J connectivity index is 3.01. The van der Waals surface area contributed by atoms with E-state index >= 15 is 0 Å². The molecule has 0 saturated carbocycles. The van der Waals surface area contributed by atoms with Gasteiger partial charge in [-0.25, -0.2) is 0 Å². The van der Waals surface area contributed by atoms with E-state index in [0.717, 1.165) is 18.1 Å². The maximum atomic E-state index is 5.61. The summed E-state index contributed by atoms with van der Waals surface area (Å²) in [6.45, 7) is 8.80. The van der Waals surface area contributed by atoms with Crippen LogP contribution in [0.25, 0.3) is 0 Å². The van der Waals surface area contributed by atoms with Gasteiger partial charge in [-0.2, -0.15) is 0 Å². The maximum absolute atomic E-state index is 5.61. The Morgan fingerprint density at radius 3 is 2.33 bits per heavy atom. The van der Waals surface area contributed by atoms with Gasteiger partial charge in [0.2, 0.25) is 0 Å². The van der Waals surface area contributed by atoms with Crippen LogP contribution in [-0.4, -0.2) is 14.2 Å². The van der Waals surface area contributed by atoms with Crippen molar-refractivity contribution in [1.29, 1.82) is 0 Å². The fourth-order valence-electron chi connectivity index (χ4n) is 2.31. The summed E-state index contributed by atoms with van der Waals surface area (Å²) >= 11 is 0. The standard InChI is InChI=1S/C16H27NO/c1-11(2)7-10-15(17-5)14-9-8-12(3)13(4)16(14)18-6/h8-9,11,15,17H,7,10H2,1-6H3. The molecule has 102 valence electrons. The fourth-order valence-corrected chi connectivity index (χ4v) is 2.31. The van der Waals surface area contributed by atoms with E-state index in [4.69, 9.17) is 4.74 Å². The Bertz CT molecular complexity index is 385. The van der Waals surface area contributed by atoms with Gasteiger partial charge in [0.15, 0.2) is 0 Å². The van der Waals surface area contributed by atoms with Crippen molar-refractivity contribution < 1.29 is 4.74 Å². The first-order valence-corrected chi connectivity index (χ1v) is 6.82. The normalized spacial score (nSPS) is 12.8. The van der Waals surface area contributed by atoms with Crippen LogP contribution in [0.2, 0.25) is 0 Å². The summed E-state index contributed by atoms with van der Waals surface area (Å²) in [5.74, 6) is 1.77. The molecule has 0 aliphatic carbocycles.